The molecular weight excluding hydrogens is 420 g/mol. The minimum atomic E-state index is -0.190. The van der Waals surface area contributed by atoms with Crippen molar-refractivity contribution in [1.82, 2.24) is 29.7 Å². The molecular formula is C23H24N8O2. The van der Waals surface area contributed by atoms with E-state index in [1.54, 1.807) is 17.9 Å². The van der Waals surface area contributed by atoms with E-state index in [0.717, 1.165) is 16.8 Å². The number of hydrogen-bond acceptors (Lipinski definition) is 8. The lowest BCUT2D eigenvalue weighted by Gasteiger charge is -2.32. The molecule has 0 fully saturated rings. The molecule has 0 aromatic carbocycles. The third-order valence-electron chi connectivity index (χ3n) is 5.63. The van der Waals surface area contributed by atoms with Crippen molar-refractivity contribution in [2.45, 2.75) is 26.8 Å². The number of aromatic nitrogens is 6. The second-order valence-corrected chi connectivity index (χ2v) is 8.99. The van der Waals surface area contributed by atoms with E-state index >= 15 is 0 Å². The number of nitriles is 1. The fourth-order valence-corrected chi connectivity index (χ4v) is 3.94. The highest BCUT2D eigenvalue weighted by molar-refractivity contribution is 5.92. The van der Waals surface area contributed by atoms with Crippen molar-refractivity contribution in [2.75, 3.05) is 18.5 Å². The summed E-state index contributed by atoms with van der Waals surface area (Å²) in [5, 5.41) is 18.1. The molecule has 0 aliphatic carbocycles. The zero-order valence-electron chi connectivity index (χ0n) is 18.9. The molecule has 0 spiro atoms. The van der Waals surface area contributed by atoms with E-state index in [0.29, 0.717) is 47.6 Å². The average Bonchev–Trinajstić information content (AvgIpc) is 3.39. The van der Waals surface area contributed by atoms with Crippen LogP contribution < -0.4 is 14.8 Å². The lowest BCUT2D eigenvalue weighted by molar-refractivity contribution is 0.163. The van der Waals surface area contributed by atoms with Gasteiger partial charge in [0.2, 0.25) is 0 Å². The van der Waals surface area contributed by atoms with Crippen molar-refractivity contribution in [3.05, 3.63) is 42.1 Å². The number of ether oxygens (including phenoxy) is 2. The fourth-order valence-electron chi connectivity index (χ4n) is 3.94. The lowest BCUT2D eigenvalue weighted by Crippen LogP contribution is -2.28. The number of pyridine rings is 1. The van der Waals surface area contributed by atoms with E-state index < -0.39 is 0 Å². The van der Waals surface area contributed by atoms with E-state index in [-0.39, 0.29) is 11.5 Å². The van der Waals surface area contributed by atoms with Gasteiger partial charge in [-0.25, -0.2) is 15.0 Å². The number of aryl methyl sites for hydroxylation is 1. The summed E-state index contributed by atoms with van der Waals surface area (Å²) in [6.45, 7) is 7.42. The number of anilines is 1. The Kier molecular flexibility index (Phi) is 4.89. The van der Waals surface area contributed by atoms with E-state index in [2.05, 4.69) is 52.2 Å². The predicted octanol–water partition coefficient (Wildman–Crippen LogP) is 3.60. The Hall–Kier alpha value is -4.13. The molecule has 33 heavy (non-hydrogen) atoms. The van der Waals surface area contributed by atoms with E-state index in [1.165, 1.54) is 6.33 Å². The second kappa shape index (κ2) is 7.78. The smallest absolute Gasteiger partial charge is 0.257 e. The Morgan fingerprint density at radius 3 is 2.82 bits per heavy atom. The van der Waals surface area contributed by atoms with Gasteiger partial charge in [0.1, 0.15) is 42.8 Å². The number of H-pyrrole nitrogens is 1. The van der Waals surface area contributed by atoms with Gasteiger partial charge in [-0.05, 0) is 23.6 Å². The molecule has 0 bridgehead atoms. The first kappa shape index (κ1) is 20.8. The average molecular weight is 444 g/mol. The summed E-state index contributed by atoms with van der Waals surface area (Å²) in [6.07, 6.45) is 3.18. The molecule has 0 saturated heterocycles. The minimum absolute atomic E-state index is 0.169. The highest BCUT2D eigenvalue weighted by Crippen LogP contribution is 2.39. The van der Waals surface area contributed by atoms with Crippen LogP contribution in [0.5, 0.6) is 11.6 Å². The first-order chi connectivity index (χ1) is 15.8. The Morgan fingerprint density at radius 2 is 2.03 bits per heavy atom. The summed E-state index contributed by atoms with van der Waals surface area (Å²) in [4.78, 5) is 16.9. The van der Waals surface area contributed by atoms with Crippen LogP contribution in [-0.4, -0.2) is 42.9 Å². The molecule has 2 N–H and O–H groups in total. The van der Waals surface area contributed by atoms with Crippen LogP contribution in [0.15, 0.2) is 30.7 Å². The predicted molar refractivity (Wildman–Crippen MR) is 122 cm³/mol. The summed E-state index contributed by atoms with van der Waals surface area (Å²) >= 11 is 0. The highest BCUT2D eigenvalue weighted by atomic mass is 16.6. The van der Waals surface area contributed by atoms with Crippen LogP contribution in [0.3, 0.4) is 0 Å². The fraction of sp³-hybridized carbons (Fsp3) is 0.348. The van der Waals surface area contributed by atoms with Gasteiger partial charge in [0.25, 0.3) is 5.88 Å². The number of nitrogens with one attached hydrogen (secondary N) is 2. The molecule has 4 aromatic rings. The number of hydrogen-bond donors (Lipinski definition) is 2. The normalized spacial score (nSPS) is 14.2. The maximum Gasteiger partial charge on any atom is 0.257 e. The number of fused-ring (bicyclic) bond motifs is 2. The largest absolute Gasteiger partial charge is 0.484 e. The quantitative estimate of drug-likeness (QED) is 0.489. The van der Waals surface area contributed by atoms with Gasteiger partial charge in [0.05, 0.1) is 34.6 Å². The molecule has 0 radical (unpaired) electrons. The third-order valence-corrected chi connectivity index (χ3v) is 5.63. The van der Waals surface area contributed by atoms with Crippen molar-refractivity contribution in [2.24, 2.45) is 12.5 Å². The zero-order chi connectivity index (χ0) is 23.2. The molecule has 0 unspecified atom stereocenters. The van der Waals surface area contributed by atoms with Gasteiger partial charge < -0.3 is 19.8 Å². The van der Waals surface area contributed by atoms with E-state index in [4.69, 9.17) is 14.5 Å². The molecule has 4 aromatic heterocycles. The van der Waals surface area contributed by atoms with Crippen molar-refractivity contribution >= 4 is 16.9 Å². The van der Waals surface area contributed by atoms with Gasteiger partial charge in [-0.15, -0.1) is 0 Å². The monoisotopic (exact) mass is 444 g/mol. The molecule has 10 nitrogen and oxygen atoms in total. The van der Waals surface area contributed by atoms with Crippen molar-refractivity contribution in [1.29, 1.82) is 5.26 Å². The summed E-state index contributed by atoms with van der Waals surface area (Å²) in [5.74, 6) is 1.83. The highest BCUT2D eigenvalue weighted by Gasteiger charge is 2.30. The van der Waals surface area contributed by atoms with Crippen LogP contribution in [0.2, 0.25) is 0 Å². The maximum absolute atomic E-state index is 9.51. The first-order valence-electron chi connectivity index (χ1n) is 10.6. The summed E-state index contributed by atoms with van der Waals surface area (Å²) in [7, 11) is 1.74. The van der Waals surface area contributed by atoms with Crippen LogP contribution >= 0.6 is 0 Å². The van der Waals surface area contributed by atoms with Gasteiger partial charge in [-0.3, -0.25) is 4.68 Å². The van der Waals surface area contributed by atoms with E-state index in [9.17, 15) is 5.26 Å². The number of aromatic amines is 1. The van der Waals surface area contributed by atoms with Crippen LogP contribution in [0, 0.1) is 16.7 Å². The van der Waals surface area contributed by atoms with Gasteiger partial charge in [0.15, 0.2) is 5.75 Å². The SMILES string of the molecule is Cn1ncc(-c2cc3c(N[C@@H](c4ccc5c(n4)OCCO5)C(C)(C)C)ncnc3[nH]2)c1C#N. The lowest BCUT2D eigenvalue weighted by atomic mass is 9.84. The molecule has 5 rings (SSSR count). The molecule has 168 valence electrons. The van der Waals surface area contributed by atoms with Crippen LogP contribution in [0.1, 0.15) is 38.2 Å². The summed E-state index contributed by atoms with van der Waals surface area (Å²) in [5.41, 5.74) is 3.24. The van der Waals surface area contributed by atoms with E-state index in [1.807, 2.05) is 18.2 Å². The van der Waals surface area contributed by atoms with Crippen LogP contribution in [0.4, 0.5) is 5.82 Å². The van der Waals surface area contributed by atoms with Crippen molar-refractivity contribution in [3.63, 3.8) is 0 Å². The molecule has 5 heterocycles. The summed E-state index contributed by atoms with van der Waals surface area (Å²) in [6, 6.07) is 7.81. The summed E-state index contributed by atoms with van der Waals surface area (Å²) < 4.78 is 12.9. The molecule has 0 amide bonds. The van der Waals surface area contributed by atoms with Gasteiger partial charge >= 0.3 is 0 Å². The van der Waals surface area contributed by atoms with Gasteiger partial charge in [-0.1, -0.05) is 20.8 Å². The van der Waals surface area contributed by atoms with Crippen molar-refractivity contribution in [3.8, 4) is 29.0 Å². The Morgan fingerprint density at radius 1 is 1.21 bits per heavy atom. The maximum atomic E-state index is 9.51. The van der Waals surface area contributed by atoms with Crippen LogP contribution in [-0.2, 0) is 7.05 Å². The standard InChI is InChI=1S/C23H24N8O2/c1-23(2,3)19(15-5-6-18-22(29-15)33-8-7-32-18)30-21-13-9-16(28-20(13)25-12-26-21)14-11-27-31(4)17(14)10-24/h5-6,9,11-12,19H,7-8H2,1-4H3,(H2,25,26,28,30)/t19-/m0/s1. The Balaban J connectivity index is 1.55. The topological polar surface area (TPSA) is 127 Å². The van der Waals surface area contributed by atoms with Gasteiger partial charge in [0, 0.05) is 7.05 Å². The number of rotatable bonds is 4. The molecule has 1 atom stereocenters. The molecule has 1 aliphatic heterocycles. The second-order valence-electron chi connectivity index (χ2n) is 8.99. The minimum Gasteiger partial charge on any atom is -0.484 e. The molecule has 1 aliphatic rings. The molecule has 10 heteroatoms. The van der Waals surface area contributed by atoms with Gasteiger partial charge in [-0.2, -0.15) is 10.4 Å². The Bertz CT molecular complexity index is 1380. The molecule has 0 saturated carbocycles. The Labute approximate surface area is 190 Å². The number of nitrogens with zero attached hydrogens (tertiary/aromatic N) is 6. The van der Waals surface area contributed by atoms with Crippen molar-refractivity contribution < 1.29 is 9.47 Å². The third kappa shape index (κ3) is 3.71. The zero-order valence-corrected chi connectivity index (χ0v) is 18.9. The first-order valence-corrected chi connectivity index (χ1v) is 10.6. The van der Waals surface area contributed by atoms with Crippen LogP contribution in [0.25, 0.3) is 22.3 Å².